The Balaban J connectivity index is 2.84. The minimum atomic E-state index is 0.0996. The van der Waals surface area contributed by atoms with E-state index in [4.69, 9.17) is 6.42 Å². The summed E-state index contributed by atoms with van der Waals surface area (Å²) in [5.74, 6) is 2.74. The molecule has 1 nitrogen and oxygen atoms in total. The second-order valence-corrected chi connectivity index (χ2v) is 5.78. The van der Waals surface area contributed by atoms with E-state index in [0.717, 1.165) is 6.42 Å². The lowest BCUT2D eigenvalue weighted by Crippen LogP contribution is -2.32. The molecule has 0 spiro atoms. The van der Waals surface area contributed by atoms with Crippen LogP contribution in [-0.4, -0.2) is 6.04 Å². The van der Waals surface area contributed by atoms with E-state index in [-0.39, 0.29) is 11.5 Å². The van der Waals surface area contributed by atoms with Gasteiger partial charge in [0.1, 0.15) is 0 Å². The molecule has 0 aromatic heterocycles. The monoisotopic (exact) mass is 229 g/mol. The Morgan fingerprint density at radius 1 is 1.24 bits per heavy atom. The van der Waals surface area contributed by atoms with Crippen LogP contribution >= 0.6 is 0 Å². The van der Waals surface area contributed by atoms with Crippen molar-refractivity contribution in [1.29, 1.82) is 0 Å². The molecule has 92 valence electrons. The van der Waals surface area contributed by atoms with Crippen molar-refractivity contribution in [3.8, 4) is 12.3 Å². The van der Waals surface area contributed by atoms with Crippen molar-refractivity contribution in [3.63, 3.8) is 0 Å². The molecule has 0 saturated carbocycles. The van der Waals surface area contributed by atoms with Crippen LogP contribution in [0.2, 0.25) is 0 Å². The molecule has 0 heterocycles. The Kier molecular flexibility index (Phi) is 4.78. The van der Waals surface area contributed by atoms with Gasteiger partial charge in [-0.3, -0.25) is 5.32 Å². The molecule has 2 unspecified atom stereocenters. The standard InChI is InChI=1S/C16H23N/c1-6-13(2)17-15(12-16(3,4)5)14-10-8-7-9-11-14/h1,7-11,13,15,17H,12H2,2-5H3. The van der Waals surface area contributed by atoms with E-state index >= 15 is 0 Å². The van der Waals surface area contributed by atoms with Crippen molar-refractivity contribution in [3.05, 3.63) is 35.9 Å². The van der Waals surface area contributed by atoms with Crippen LogP contribution in [-0.2, 0) is 0 Å². The molecule has 0 saturated heterocycles. The highest BCUT2D eigenvalue weighted by Crippen LogP contribution is 2.29. The van der Waals surface area contributed by atoms with Gasteiger partial charge in [0.05, 0.1) is 6.04 Å². The summed E-state index contributed by atoms with van der Waals surface area (Å²) in [5.41, 5.74) is 1.59. The molecular formula is C16H23N. The second kappa shape index (κ2) is 5.89. The third-order valence-electron chi connectivity index (χ3n) is 2.72. The maximum atomic E-state index is 5.45. The first-order chi connectivity index (χ1) is 7.92. The van der Waals surface area contributed by atoms with E-state index in [1.807, 2.05) is 13.0 Å². The minimum absolute atomic E-state index is 0.0996. The van der Waals surface area contributed by atoms with Gasteiger partial charge in [-0.1, -0.05) is 57.0 Å². The molecule has 17 heavy (non-hydrogen) atoms. The predicted octanol–water partition coefficient (Wildman–Crippen LogP) is 3.78. The Morgan fingerprint density at radius 2 is 1.82 bits per heavy atom. The van der Waals surface area contributed by atoms with Gasteiger partial charge in [0.25, 0.3) is 0 Å². The normalized spacial score (nSPS) is 15.0. The lowest BCUT2D eigenvalue weighted by Gasteiger charge is -2.28. The van der Waals surface area contributed by atoms with Crippen molar-refractivity contribution in [2.45, 2.75) is 46.2 Å². The molecule has 0 aliphatic carbocycles. The first kappa shape index (κ1) is 13.8. The fourth-order valence-corrected chi connectivity index (χ4v) is 1.92. The minimum Gasteiger partial charge on any atom is -0.297 e. The topological polar surface area (TPSA) is 12.0 Å². The van der Waals surface area contributed by atoms with E-state index in [1.165, 1.54) is 5.56 Å². The van der Waals surface area contributed by atoms with Gasteiger partial charge in [-0.05, 0) is 24.3 Å². The summed E-state index contributed by atoms with van der Waals surface area (Å²) in [5, 5.41) is 3.50. The van der Waals surface area contributed by atoms with Gasteiger partial charge in [0, 0.05) is 6.04 Å². The Hall–Kier alpha value is -1.26. The molecule has 1 heteroatoms. The molecule has 0 radical (unpaired) electrons. The molecule has 2 atom stereocenters. The van der Waals surface area contributed by atoms with Crippen LogP contribution in [0.4, 0.5) is 0 Å². The molecule has 1 aromatic carbocycles. The highest BCUT2D eigenvalue weighted by molar-refractivity contribution is 5.20. The summed E-state index contributed by atoms with van der Waals surface area (Å²) < 4.78 is 0. The third kappa shape index (κ3) is 5.06. The van der Waals surface area contributed by atoms with E-state index in [2.05, 4.69) is 56.3 Å². The summed E-state index contributed by atoms with van der Waals surface area (Å²) in [4.78, 5) is 0. The van der Waals surface area contributed by atoms with Crippen LogP contribution in [0, 0.1) is 17.8 Å². The smallest absolute Gasteiger partial charge is 0.0663 e. The summed E-state index contributed by atoms with van der Waals surface area (Å²) in [6.45, 7) is 8.79. The zero-order chi connectivity index (χ0) is 12.9. The van der Waals surface area contributed by atoms with Crippen molar-refractivity contribution in [2.75, 3.05) is 0 Å². The van der Waals surface area contributed by atoms with Crippen molar-refractivity contribution >= 4 is 0 Å². The number of rotatable bonds is 4. The van der Waals surface area contributed by atoms with E-state index < -0.39 is 0 Å². The van der Waals surface area contributed by atoms with Crippen LogP contribution in [0.25, 0.3) is 0 Å². The third-order valence-corrected chi connectivity index (χ3v) is 2.72. The molecule has 0 amide bonds. The van der Waals surface area contributed by atoms with Gasteiger partial charge in [-0.25, -0.2) is 0 Å². The largest absolute Gasteiger partial charge is 0.297 e. The van der Waals surface area contributed by atoms with E-state index in [9.17, 15) is 0 Å². The zero-order valence-electron chi connectivity index (χ0n) is 11.3. The van der Waals surface area contributed by atoms with Gasteiger partial charge in [0.15, 0.2) is 0 Å². The van der Waals surface area contributed by atoms with Crippen molar-refractivity contribution in [1.82, 2.24) is 5.32 Å². The second-order valence-electron chi connectivity index (χ2n) is 5.78. The average molecular weight is 229 g/mol. The van der Waals surface area contributed by atoms with Gasteiger partial charge in [0.2, 0.25) is 0 Å². The molecule has 1 rings (SSSR count). The maximum Gasteiger partial charge on any atom is 0.0663 e. The first-order valence-corrected chi connectivity index (χ1v) is 6.19. The van der Waals surface area contributed by atoms with Crippen LogP contribution in [0.3, 0.4) is 0 Å². The number of nitrogens with one attached hydrogen (secondary N) is 1. The van der Waals surface area contributed by atoms with Crippen LogP contribution < -0.4 is 5.32 Å². The fourth-order valence-electron chi connectivity index (χ4n) is 1.92. The lowest BCUT2D eigenvalue weighted by atomic mass is 9.85. The van der Waals surface area contributed by atoms with E-state index in [0.29, 0.717) is 6.04 Å². The van der Waals surface area contributed by atoms with Crippen LogP contribution in [0.5, 0.6) is 0 Å². The van der Waals surface area contributed by atoms with Gasteiger partial charge >= 0.3 is 0 Å². The average Bonchev–Trinajstić information content (AvgIpc) is 2.27. The number of terminal acetylenes is 1. The highest BCUT2D eigenvalue weighted by Gasteiger charge is 2.20. The Morgan fingerprint density at radius 3 is 2.29 bits per heavy atom. The first-order valence-electron chi connectivity index (χ1n) is 6.19. The Labute approximate surface area is 106 Å². The highest BCUT2D eigenvalue weighted by atomic mass is 14.9. The molecular weight excluding hydrogens is 206 g/mol. The summed E-state index contributed by atoms with van der Waals surface area (Å²) in [6.07, 6.45) is 6.52. The molecule has 0 bridgehead atoms. The van der Waals surface area contributed by atoms with Gasteiger partial charge in [-0.2, -0.15) is 0 Å². The number of hydrogen-bond donors (Lipinski definition) is 1. The quantitative estimate of drug-likeness (QED) is 0.775. The number of benzene rings is 1. The summed E-state index contributed by atoms with van der Waals surface area (Å²) >= 11 is 0. The SMILES string of the molecule is C#CC(C)NC(CC(C)(C)C)c1ccccc1. The van der Waals surface area contributed by atoms with Crippen molar-refractivity contribution < 1.29 is 0 Å². The molecule has 0 aliphatic heterocycles. The van der Waals surface area contributed by atoms with Gasteiger partial charge < -0.3 is 0 Å². The molecule has 0 fully saturated rings. The lowest BCUT2D eigenvalue weighted by molar-refractivity contribution is 0.306. The maximum absolute atomic E-state index is 5.45. The summed E-state index contributed by atoms with van der Waals surface area (Å²) in [6, 6.07) is 10.9. The molecule has 1 N–H and O–H groups in total. The number of hydrogen-bond acceptors (Lipinski definition) is 1. The van der Waals surface area contributed by atoms with Gasteiger partial charge in [-0.15, -0.1) is 6.42 Å². The zero-order valence-corrected chi connectivity index (χ0v) is 11.3. The van der Waals surface area contributed by atoms with E-state index in [1.54, 1.807) is 0 Å². The molecule has 1 aromatic rings. The molecule has 0 aliphatic rings. The van der Waals surface area contributed by atoms with Crippen molar-refractivity contribution in [2.24, 2.45) is 5.41 Å². The predicted molar refractivity (Wildman–Crippen MR) is 74.7 cm³/mol. The van der Waals surface area contributed by atoms with Crippen LogP contribution in [0.15, 0.2) is 30.3 Å². The van der Waals surface area contributed by atoms with Crippen LogP contribution in [0.1, 0.15) is 45.7 Å². The Bertz CT molecular complexity index is 367. The summed E-state index contributed by atoms with van der Waals surface area (Å²) in [7, 11) is 0. The fraction of sp³-hybridized carbons (Fsp3) is 0.500.